The Labute approximate surface area is 122 Å². The quantitative estimate of drug-likeness (QED) is 0.846. The lowest BCUT2D eigenvalue weighted by Gasteiger charge is -2.36. The minimum absolute atomic E-state index is 0.0311. The summed E-state index contributed by atoms with van der Waals surface area (Å²) < 4.78 is 0. The Morgan fingerprint density at radius 3 is 2.67 bits per heavy atom. The van der Waals surface area contributed by atoms with Crippen LogP contribution in [0.1, 0.15) is 16.1 Å². The maximum atomic E-state index is 12.4. The number of aromatic nitrogens is 3. The van der Waals surface area contributed by atoms with E-state index < -0.39 is 0 Å². The van der Waals surface area contributed by atoms with Gasteiger partial charge in [-0.3, -0.25) is 14.9 Å². The topological polar surface area (TPSA) is 91.1 Å². The molecule has 3 heterocycles. The summed E-state index contributed by atoms with van der Waals surface area (Å²) in [7, 11) is 0. The zero-order valence-electron chi connectivity index (χ0n) is 11.9. The highest BCUT2D eigenvalue weighted by Gasteiger charge is 2.24. The van der Waals surface area contributed by atoms with Gasteiger partial charge in [0, 0.05) is 38.1 Å². The van der Waals surface area contributed by atoms with E-state index in [0.29, 0.717) is 24.3 Å². The predicted molar refractivity (Wildman–Crippen MR) is 80.1 cm³/mol. The van der Waals surface area contributed by atoms with Gasteiger partial charge in [-0.05, 0) is 13.0 Å². The number of carbonyl (C=O) groups excluding carboxylic acids is 1. The number of hydrogen-bond acceptors (Lipinski definition) is 5. The number of carbonyl (C=O) groups is 1. The molecule has 2 aromatic rings. The van der Waals surface area contributed by atoms with Crippen LogP contribution in [-0.4, -0.2) is 52.2 Å². The number of hydrogen-bond donors (Lipinski definition) is 2. The lowest BCUT2D eigenvalue weighted by Crippen LogP contribution is -2.49. The monoisotopic (exact) mass is 286 g/mol. The molecular formula is C14H18N6O. The van der Waals surface area contributed by atoms with Gasteiger partial charge in [-0.1, -0.05) is 0 Å². The number of nitrogens with zero attached hydrogens (tertiary/aromatic N) is 4. The highest BCUT2D eigenvalue weighted by atomic mass is 16.2. The van der Waals surface area contributed by atoms with Crippen LogP contribution in [0.25, 0.3) is 0 Å². The first-order chi connectivity index (χ1) is 10.2. The molecule has 7 heteroatoms. The summed E-state index contributed by atoms with van der Waals surface area (Å²) in [5, 5.41) is 6.70. The van der Waals surface area contributed by atoms with Gasteiger partial charge in [0.25, 0.3) is 5.91 Å². The molecule has 1 aliphatic rings. The first-order valence-electron chi connectivity index (χ1n) is 6.90. The Kier molecular flexibility index (Phi) is 3.47. The summed E-state index contributed by atoms with van der Waals surface area (Å²) >= 11 is 0. The van der Waals surface area contributed by atoms with E-state index in [1.54, 1.807) is 18.6 Å². The smallest absolute Gasteiger partial charge is 0.257 e. The summed E-state index contributed by atoms with van der Waals surface area (Å²) in [6, 6.07) is 1.91. The zero-order chi connectivity index (χ0) is 14.8. The summed E-state index contributed by atoms with van der Waals surface area (Å²) in [5.74, 6) is 0.0311. The average Bonchev–Trinajstić information content (AvgIpc) is 2.93. The number of pyridine rings is 1. The van der Waals surface area contributed by atoms with Gasteiger partial charge in [-0.25, -0.2) is 0 Å². The number of amides is 1. The van der Waals surface area contributed by atoms with Crippen LogP contribution in [0, 0.1) is 6.92 Å². The molecule has 1 aliphatic heterocycles. The van der Waals surface area contributed by atoms with Crippen molar-refractivity contribution in [1.82, 2.24) is 20.1 Å². The highest BCUT2D eigenvalue weighted by molar-refractivity contribution is 5.95. The van der Waals surface area contributed by atoms with Gasteiger partial charge >= 0.3 is 0 Å². The van der Waals surface area contributed by atoms with Crippen molar-refractivity contribution in [2.24, 2.45) is 0 Å². The molecule has 0 aromatic carbocycles. The molecular weight excluding hydrogens is 268 g/mol. The first kappa shape index (κ1) is 13.4. The third-order valence-electron chi connectivity index (χ3n) is 3.80. The fourth-order valence-corrected chi connectivity index (χ4v) is 2.57. The number of nitrogen functional groups attached to an aromatic ring is 1. The molecule has 1 saturated heterocycles. The molecule has 0 spiro atoms. The molecule has 0 radical (unpaired) electrons. The van der Waals surface area contributed by atoms with Crippen molar-refractivity contribution in [3.63, 3.8) is 0 Å². The molecule has 110 valence electrons. The van der Waals surface area contributed by atoms with Crippen molar-refractivity contribution in [3.05, 3.63) is 35.9 Å². The summed E-state index contributed by atoms with van der Waals surface area (Å²) in [6.07, 6.45) is 4.98. The van der Waals surface area contributed by atoms with Crippen LogP contribution in [0.4, 0.5) is 11.4 Å². The molecule has 0 atom stereocenters. The highest BCUT2D eigenvalue weighted by Crippen LogP contribution is 2.23. The maximum Gasteiger partial charge on any atom is 0.257 e. The second-order valence-electron chi connectivity index (χ2n) is 5.12. The van der Waals surface area contributed by atoms with Crippen LogP contribution in [0.2, 0.25) is 0 Å². The van der Waals surface area contributed by atoms with Gasteiger partial charge in [-0.15, -0.1) is 0 Å². The number of aromatic amines is 1. The standard InChI is InChI=1S/C14H18N6O/c1-10-11(8-17-18-10)14(21)20-6-4-19(5-7-20)13-2-3-16-9-12(13)15/h2-3,8-9H,4-7,15H2,1H3,(H,17,18). The van der Waals surface area contributed by atoms with E-state index in [4.69, 9.17) is 5.73 Å². The van der Waals surface area contributed by atoms with Crippen molar-refractivity contribution in [2.75, 3.05) is 36.8 Å². The Hall–Kier alpha value is -2.57. The Morgan fingerprint density at radius 1 is 1.29 bits per heavy atom. The molecule has 2 aromatic heterocycles. The van der Waals surface area contributed by atoms with Crippen molar-refractivity contribution in [3.8, 4) is 0 Å². The Balaban J connectivity index is 1.67. The van der Waals surface area contributed by atoms with Gasteiger partial charge < -0.3 is 15.5 Å². The van der Waals surface area contributed by atoms with Crippen molar-refractivity contribution in [1.29, 1.82) is 0 Å². The van der Waals surface area contributed by atoms with E-state index in [9.17, 15) is 4.79 Å². The molecule has 0 bridgehead atoms. The van der Waals surface area contributed by atoms with Gasteiger partial charge in [0.1, 0.15) is 0 Å². The predicted octanol–water partition coefficient (Wildman–Crippen LogP) is 0.658. The minimum atomic E-state index is 0.0311. The summed E-state index contributed by atoms with van der Waals surface area (Å²) in [4.78, 5) is 20.4. The van der Waals surface area contributed by atoms with Crippen LogP contribution in [0.15, 0.2) is 24.7 Å². The lowest BCUT2D eigenvalue weighted by molar-refractivity contribution is 0.0746. The zero-order valence-corrected chi connectivity index (χ0v) is 11.9. The van der Waals surface area contributed by atoms with Crippen molar-refractivity contribution < 1.29 is 4.79 Å². The van der Waals surface area contributed by atoms with Crippen LogP contribution < -0.4 is 10.6 Å². The third kappa shape index (κ3) is 2.54. The molecule has 1 fully saturated rings. The number of piperazine rings is 1. The van der Waals surface area contributed by atoms with Gasteiger partial charge in [0.15, 0.2) is 0 Å². The average molecular weight is 286 g/mol. The molecule has 7 nitrogen and oxygen atoms in total. The van der Waals surface area contributed by atoms with Crippen molar-refractivity contribution >= 4 is 17.3 Å². The third-order valence-corrected chi connectivity index (χ3v) is 3.80. The molecule has 0 saturated carbocycles. The van der Waals surface area contributed by atoms with E-state index in [0.717, 1.165) is 24.5 Å². The van der Waals surface area contributed by atoms with Crippen LogP contribution >= 0.6 is 0 Å². The fourth-order valence-electron chi connectivity index (χ4n) is 2.57. The van der Waals surface area contributed by atoms with E-state index in [2.05, 4.69) is 20.1 Å². The first-order valence-corrected chi connectivity index (χ1v) is 6.90. The fraction of sp³-hybridized carbons (Fsp3) is 0.357. The number of nitrogens with two attached hydrogens (primary N) is 1. The molecule has 0 unspecified atom stereocenters. The summed E-state index contributed by atoms with van der Waals surface area (Å²) in [6.45, 7) is 4.72. The van der Waals surface area contributed by atoms with Gasteiger partial charge in [0.2, 0.25) is 0 Å². The second kappa shape index (κ2) is 5.43. The van der Waals surface area contributed by atoms with E-state index >= 15 is 0 Å². The molecule has 1 amide bonds. The molecule has 3 N–H and O–H groups in total. The molecule has 21 heavy (non-hydrogen) atoms. The van der Waals surface area contributed by atoms with Crippen LogP contribution in [0.3, 0.4) is 0 Å². The van der Waals surface area contributed by atoms with Gasteiger partial charge in [-0.2, -0.15) is 5.10 Å². The number of nitrogens with one attached hydrogen (secondary N) is 1. The number of rotatable bonds is 2. The van der Waals surface area contributed by atoms with E-state index in [1.165, 1.54) is 0 Å². The van der Waals surface area contributed by atoms with E-state index in [1.807, 2.05) is 17.9 Å². The summed E-state index contributed by atoms with van der Waals surface area (Å²) in [5.41, 5.74) is 9.05. The minimum Gasteiger partial charge on any atom is -0.396 e. The maximum absolute atomic E-state index is 12.4. The lowest BCUT2D eigenvalue weighted by atomic mass is 10.2. The number of anilines is 2. The second-order valence-corrected chi connectivity index (χ2v) is 5.12. The largest absolute Gasteiger partial charge is 0.396 e. The number of aryl methyl sites for hydroxylation is 1. The van der Waals surface area contributed by atoms with Crippen molar-refractivity contribution in [2.45, 2.75) is 6.92 Å². The van der Waals surface area contributed by atoms with Gasteiger partial charge in [0.05, 0.1) is 29.3 Å². The Bertz CT molecular complexity index is 644. The van der Waals surface area contributed by atoms with E-state index in [-0.39, 0.29) is 5.91 Å². The van der Waals surface area contributed by atoms with Crippen LogP contribution in [0.5, 0.6) is 0 Å². The molecule has 3 rings (SSSR count). The normalized spacial score (nSPS) is 15.3. The Morgan fingerprint density at radius 2 is 2.05 bits per heavy atom. The number of H-pyrrole nitrogens is 1. The van der Waals surface area contributed by atoms with Crippen LogP contribution in [-0.2, 0) is 0 Å². The molecule has 0 aliphatic carbocycles. The SMILES string of the molecule is Cc1[nH]ncc1C(=O)N1CCN(c2ccncc2N)CC1.